The Bertz CT molecular complexity index is 433. The summed E-state index contributed by atoms with van der Waals surface area (Å²) >= 11 is 3.16. The zero-order valence-electron chi connectivity index (χ0n) is 8.51. The zero-order chi connectivity index (χ0) is 12.3. The molecule has 0 aliphatic carbocycles. The predicted octanol–water partition coefficient (Wildman–Crippen LogP) is 2.94. The van der Waals surface area contributed by atoms with Crippen molar-refractivity contribution in [2.45, 2.75) is 19.3 Å². The van der Waals surface area contributed by atoms with Gasteiger partial charge in [0.25, 0.3) is 5.69 Å². The lowest BCUT2D eigenvalue weighted by atomic mass is 9.97. The molecule has 1 aromatic rings. The summed E-state index contributed by atoms with van der Waals surface area (Å²) in [5.74, 6) is -1.18. The summed E-state index contributed by atoms with van der Waals surface area (Å²) in [5.41, 5.74) is 0.602. The molecular formula is C10H10BrNO4. The first kappa shape index (κ1) is 12.6. The van der Waals surface area contributed by atoms with Gasteiger partial charge in [-0.25, -0.2) is 0 Å². The van der Waals surface area contributed by atoms with Crippen LogP contribution in [-0.4, -0.2) is 16.0 Å². The van der Waals surface area contributed by atoms with E-state index < -0.39 is 10.9 Å². The number of nitro groups is 1. The number of carbonyl (C=O) groups is 1. The normalized spacial score (nSPS) is 12.1. The maximum atomic E-state index is 10.6. The molecule has 86 valence electrons. The number of hydrogen-bond donors (Lipinski definition) is 1. The Labute approximate surface area is 100 Å². The van der Waals surface area contributed by atoms with Gasteiger partial charge in [-0.15, -0.1) is 0 Å². The average Bonchev–Trinajstić information content (AvgIpc) is 2.15. The lowest BCUT2D eigenvalue weighted by molar-refractivity contribution is -0.385. The number of hydrogen-bond acceptors (Lipinski definition) is 3. The molecule has 0 bridgehead atoms. The Morgan fingerprint density at radius 2 is 2.19 bits per heavy atom. The molecule has 1 unspecified atom stereocenters. The minimum absolute atomic E-state index is 0.0402. The molecule has 0 heterocycles. The van der Waals surface area contributed by atoms with Crippen LogP contribution in [0.5, 0.6) is 0 Å². The molecule has 0 radical (unpaired) electrons. The number of halogens is 1. The first-order chi connectivity index (χ1) is 7.40. The summed E-state index contributed by atoms with van der Waals surface area (Å²) in [5, 5.41) is 19.3. The second-order valence-corrected chi connectivity index (χ2v) is 4.41. The highest BCUT2D eigenvalue weighted by Crippen LogP contribution is 2.27. The third kappa shape index (κ3) is 3.30. The molecule has 0 saturated carbocycles. The molecule has 16 heavy (non-hydrogen) atoms. The number of nitro benzene ring substituents is 1. The first-order valence-corrected chi connectivity index (χ1v) is 5.36. The van der Waals surface area contributed by atoms with Crippen molar-refractivity contribution in [2.24, 2.45) is 0 Å². The largest absolute Gasteiger partial charge is 0.481 e. The van der Waals surface area contributed by atoms with E-state index in [0.29, 0.717) is 10.0 Å². The van der Waals surface area contributed by atoms with Crippen molar-refractivity contribution >= 4 is 27.6 Å². The Morgan fingerprint density at radius 1 is 1.56 bits per heavy atom. The van der Waals surface area contributed by atoms with Crippen molar-refractivity contribution in [3.63, 3.8) is 0 Å². The second-order valence-electron chi connectivity index (χ2n) is 3.50. The number of non-ortho nitro benzene ring substituents is 1. The molecular weight excluding hydrogens is 278 g/mol. The minimum Gasteiger partial charge on any atom is -0.481 e. The van der Waals surface area contributed by atoms with Crippen LogP contribution in [0, 0.1) is 10.1 Å². The van der Waals surface area contributed by atoms with E-state index in [2.05, 4.69) is 15.9 Å². The SMILES string of the molecule is CC(CC(=O)O)c1cc(Br)cc([N+](=O)[O-])c1. The summed E-state index contributed by atoms with van der Waals surface area (Å²) in [6.07, 6.45) is -0.0480. The van der Waals surface area contributed by atoms with E-state index in [0.717, 1.165) is 0 Å². The van der Waals surface area contributed by atoms with Gasteiger partial charge >= 0.3 is 5.97 Å². The molecule has 0 fully saturated rings. The minimum atomic E-state index is -0.921. The lowest BCUT2D eigenvalue weighted by Crippen LogP contribution is -2.03. The molecule has 1 rings (SSSR count). The molecule has 1 atom stereocenters. The van der Waals surface area contributed by atoms with Crippen molar-refractivity contribution in [1.82, 2.24) is 0 Å². The van der Waals surface area contributed by atoms with E-state index in [9.17, 15) is 14.9 Å². The highest BCUT2D eigenvalue weighted by molar-refractivity contribution is 9.10. The number of aliphatic carboxylic acids is 1. The standard InChI is InChI=1S/C10H10BrNO4/c1-6(2-10(13)14)7-3-8(11)5-9(4-7)12(15)16/h3-6H,2H2,1H3,(H,13,14). The number of carboxylic acids is 1. The van der Waals surface area contributed by atoms with Crippen LogP contribution in [0.2, 0.25) is 0 Å². The van der Waals surface area contributed by atoms with Crippen LogP contribution in [0.3, 0.4) is 0 Å². The van der Waals surface area contributed by atoms with E-state index in [1.54, 1.807) is 13.0 Å². The molecule has 0 spiro atoms. The number of rotatable bonds is 4. The summed E-state index contributed by atoms with van der Waals surface area (Å²) in [4.78, 5) is 20.7. The number of benzene rings is 1. The smallest absolute Gasteiger partial charge is 0.303 e. The van der Waals surface area contributed by atoms with Gasteiger partial charge in [0, 0.05) is 16.6 Å². The number of carboxylic acid groups (broad SMARTS) is 1. The van der Waals surface area contributed by atoms with Crippen LogP contribution < -0.4 is 0 Å². The van der Waals surface area contributed by atoms with Crippen LogP contribution in [0.15, 0.2) is 22.7 Å². The highest BCUT2D eigenvalue weighted by atomic mass is 79.9. The fourth-order valence-corrected chi connectivity index (χ4v) is 1.86. The van der Waals surface area contributed by atoms with Crippen molar-refractivity contribution in [2.75, 3.05) is 0 Å². The monoisotopic (exact) mass is 287 g/mol. The van der Waals surface area contributed by atoms with E-state index >= 15 is 0 Å². The van der Waals surface area contributed by atoms with Crippen molar-refractivity contribution in [3.8, 4) is 0 Å². The first-order valence-electron chi connectivity index (χ1n) is 4.57. The van der Waals surface area contributed by atoms with Gasteiger partial charge in [0.2, 0.25) is 0 Å². The topological polar surface area (TPSA) is 80.4 Å². The quantitative estimate of drug-likeness (QED) is 0.682. The summed E-state index contributed by atoms with van der Waals surface area (Å²) < 4.78 is 0.578. The van der Waals surface area contributed by atoms with E-state index in [1.165, 1.54) is 12.1 Å². The summed E-state index contributed by atoms with van der Waals surface area (Å²) in [6.45, 7) is 1.72. The molecule has 0 amide bonds. The van der Waals surface area contributed by atoms with Crippen LogP contribution in [-0.2, 0) is 4.79 Å². The molecule has 0 aliphatic heterocycles. The van der Waals surface area contributed by atoms with Gasteiger partial charge in [-0.3, -0.25) is 14.9 Å². The maximum absolute atomic E-state index is 10.6. The number of nitrogens with zero attached hydrogens (tertiary/aromatic N) is 1. The molecule has 1 aromatic carbocycles. The highest BCUT2D eigenvalue weighted by Gasteiger charge is 2.15. The third-order valence-corrected chi connectivity index (χ3v) is 2.62. The lowest BCUT2D eigenvalue weighted by Gasteiger charge is -2.09. The molecule has 0 aliphatic rings. The van der Waals surface area contributed by atoms with Gasteiger partial charge in [0.1, 0.15) is 0 Å². The molecule has 1 N–H and O–H groups in total. The van der Waals surface area contributed by atoms with Gasteiger partial charge in [-0.1, -0.05) is 22.9 Å². The fraction of sp³-hybridized carbons (Fsp3) is 0.300. The molecule has 0 aromatic heterocycles. The summed E-state index contributed by atoms with van der Waals surface area (Å²) in [7, 11) is 0. The third-order valence-electron chi connectivity index (χ3n) is 2.17. The molecule has 6 heteroatoms. The Hall–Kier alpha value is -1.43. The van der Waals surface area contributed by atoms with E-state index in [4.69, 9.17) is 5.11 Å². The van der Waals surface area contributed by atoms with Gasteiger partial charge in [-0.05, 0) is 17.5 Å². The molecule has 0 saturated heterocycles. The summed E-state index contributed by atoms with van der Waals surface area (Å²) in [6, 6.07) is 4.48. The van der Waals surface area contributed by atoms with Crippen LogP contribution >= 0.6 is 15.9 Å². The van der Waals surface area contributed by atoms with Crippen molar-refractivity contribution < 1.29 is 14.8 Å². The Balaban J connectivity index is 3.04. The second kappa shape index (κ2) is 5.07. The fourth-order valence-electron chi connectivity index (χ4n) is 1.37. The van der Waals surface area contributed by atoms with Gasteiger partial charge < -0.3 is 5.11 Å². The van der Waals surface area contributed by atoms with Crippen LogP contribution in [0.1, 0.15) is 24.8 Å². The van der Waals surface area contributed by atoms with Gasteiger partial charge in [0.15, 0.2) is 0 Å². The van der Waals surface area contributed by atoms with E-state index in [-0.39, 0.29) is 18.0 Å². The molecule has 5 nitrogen and oxygen atoms in total. The van der Waals surface area contributed by atoms with Gasteiger partial charge in [0.05, 0.1) is 11.3 Å². The zero-order valence-corrected chi connectivity index (χ0v) is 10.1. The maximum Gasteiger partial charge on any atom is 0.303 e. The van der Waals surface area contributed by atoms with Gasteiger partial charge in [-0.2, -0.15) is 0 Å². The Kier molecular flexibility index (Phi) is 4.00. The Morgan fingerprint density at radius 3 is 2.69 bits per heavy atom. The van der Waals surface area contributed by atoms with Crippen LogP contribution in [0.4, 0.5) is 5.69 Å². The van der Waals surface area contributed by atoms with E-state index in [1.807, 2.05) is 0 Å². The van der Waals surface area contributed by atoms with Crippen molar-refractivity contribution in [3.05, 3.63) is 38.3 Å². The average molecular weight is 288 g/mol. The van der Waals surface area contributed by atoms with Crippen LogP contribution in [0.25, 0.3) is 0 Å². The van der Waals surface area contributed by atoms with Crippen molar-refractivity contribution in [1.29, 1.82) is 0 Å². The predicted molar refractivity (Wildman–Crippen MR) is 61.5 cm³/mol.